The van der Waals surface area contributed by atoms with Gasteiger partial charge in [0.2, 0.25) is 5.91 Å². The molecule has 0 heterocycles. The number of anilines is 1. The van der Waals surface area contributed by atoms with Crippen molar-refractivity contribution in [1.29, 1.82) is 0 Å². The van der Waals surface area contributed by atoms with E-state index in [4.69, 9.17) is 4.74 Å². The van der Waals surface area contributed by atoms with Crippen LogP contribution in [0.2, 0.25) is 0 Å². The van der Waals surface area contributed by atoms with Gasteiger partial charge in [0, 0.05) is 32.0 Å². The molecule has 0 fully saturated rings. The Hall–Kier alpha value is -2.20. The third-order valence-electron chi connectivity index (χ3n) is 3.77. The van der Waals surface area contributed by atoms with Gasteiger partial charge in [0.05, 0.1) is 9.82 Å². The quantitative estimate of drug-likeness (QED) is 0.330. The molecule has 0 aromatic heterocycles. The fourth-order valence-electron chi connectivity index (χ4n) is 2.13. The van der Waals surface area contributed by atoms with E-state index in [2.05, 4.69) is 24.5 Å². The first-order chi connectivity index (χ1) is 12.5. The van der Waals surface area contributed by atoms with Crippen LogP contribution in [0.1, 0.15) is 27.2 Å². The van der Waals surface area contributed by atoms with Crippen molar-refractivity contribution in [3.63, 3.8) is 0 Å². The number of hydrogen-bond acceptors (Lipinski definition) is 7. The van der Waals surface area contributed by atoms with E-state index in [-0.39, 0.29) is 35.3 Å². The van der Waals surface area contributed by atoms with Gasteiger partial charge < -0.3 is 15.4 Å². The Morgan fingerprint density at radius 3 is 2.48 bits per heavy atom. The summed E-state index contributed by atoms with van der Waals surface area (Å²) in [7, 11) is -3.54. The second kappa shape index (κ2) is 10.2. The predicted molar refractivity (Wildman–Crippen MR) is 103 cm³/mol. The zero-order chi connectivity index (χ0) is 20.6. The number of benzene rings is 1. The van der Waals surface area contributed by atoms with Crippen molar-refractivity contribution in [3.05, 3.63) is 28.3 Å². The van der Waals surface area contributed by atoms with Gasteiger partial charge in [-0.15, -0.1) is 0 Å². The summed E-state index contributed by atoms with van der Waals surface area (Å²) in [5, 5.41) is 16.7. The lowest BCUT2D eigenvalue weighted by atomic mass is 10.1. The highest BCUT2D eigenvalue weighted by Gasteiger charge is 2.18. The van der Waals surface area contributed by atoms with Gasteiger partial charge in [0.15, 0.2) is 9.84 Å². The number of sulfone groups is 1. The molecule has 0 saturated heterocycles. The van der Waals surface area contributed by atoms with Gasteiger partial charge in [-0.1, -0.05) is 13.8 Å². The van der Waals surface area contributed by atoms with Gasteiger partial charge in [0.25, 0.3) is 5.69 Å². The van der Waals surface area contributed by atoms with Crippen molar-refractivity contribution in [1.82, 2.24) is 5.32 Å². The number of nitrogens with one attached hydrogen (secondary N) is 2. The first-order valence-electron chi connectivity index (χ1n) is 8.64. The minimum absolute atomic E-state index is 0.125. The molecule has 0 radical (unpaired) electrons. The molecule has 0 aliphatic rings. The SMILES string of the molecule is CC(C)CCOC(C)C(=O)NCCNc1ccc(S(C)(=O)=O)cc1[N+](=O)[O-]. The summed E-state index contributed by atoms with van der Waals surface area (Å²) >= 11 is 0. The van der Waals surface area contributed by atoms with Gasteiger partial charge in [-0.25, -0.2) is 8.42 Å². The van der Waals surface area contributed by atoms with Crippen molar-refractivity contribution < 1.29 is 22.9 Å². The molecule has 1 unspecified atom stereocenters. The van der Waals surface area contributed by atoms with Crippen LogP contribution in [-0.4, -0.2) is 51.3 Å². The molecular weight excluding hydrogens is 374 g/mol. The maximum Gasteiger partial charge on any atom is 0.293 e. The molecule has 0 spiro atoms. The Balaban J connectivity index is 2.54. The summed E-state index contributed by atoms with van der Waals surface area (Å²) < 4.78 is 28.5. The van der Waals surface area contributed by atoms with Crippen LogP contribution >= 0.6 is 0 Å². The molecule has 27 heavy (non-hydrogen) atoms. The fraction of sp³-hybridized carbons (Fsp3) is 0.588. The average Bonchev–Trinajstić information content (AvgIpc) is 2.56. The summed E-state index contributed by atoms with van der Waals surface area (Å²) in [4.78, 5) is 22.3. The van der Waals surface area contributed by atoms with Gasteiger partial charge in [0.1, 0.15) is 11.8 Å². The van der Waals surface area contributed by atoms with Crippen LogP contribution in [-0.2, 0) is 19.4 Å². The van der Waals surface area contributed by atoms with E-state index in [0.29, 0.717) is 12.5 Å². The van der Waals surface area contributed by atoms with Crippen molar-refractivity contribution in [3.8, 4) is 0 Å². The van der Waals surface area contributed by atoms with E-state index in [0.717, 1.165) is 18.7 Å². The van der Waals surface area contributed by atoms with Crippen LogP contribution in [0.25, 0.3) is 0 Å². The van der Waals surface area contributed by atoms with Crippen LogP contribution in [0.5, 0.6) is 0 Å². The molecule has 0 aliphatic carbocycles. The van der Waals surface area contributed by atoms with Crippen molar-refractivity contribution in [2.75, 3.05) is 31.3 Å². The molecule has 0 saturated carbocycles. The highest BCUT2D eigenvalue weighted by molar-refractivity contribution is 7.90. The zero-order valence-corrected chi connectivity index (χ0v) is 16.8. The minimum Gasteiger partial charge on any atom is -0.378 e. The Morgan fingerprint density at radius 1 is 1.26 bits per heavy atom. The lowest BCUT2D eigenvalue weighted by Gasteiger charge is -2.14. The number of rotatable bonds is 11. The Morgan fingerprint density at radius 2 is 1.93 bits per heavy atom. The molecule has 10 heteroatoms. The molecule has 1 aromatic rings. The number of nitro benzene ring substituents is 1. The second-order valence-corrected chi connectivity index (χ2v) is 8.64. The van der Waals surface area contributed by atoms with Gasteiger partial charge >= 0.3 is 0 Å². The van der Waals surface area contributed by atoms with Crippen LogP contribution < -0.4 is 10.6 Å². The normalized spacial score (nSPS) is 12.6. The average molecular weight is 401 g/mol. The molecule has 1 rings (SSSR count). The first-order valence-corrected chi connectivity index (χ1v) is 10.5. The fourth-order valence-corrected chi connectivity index (χ4v) is 2.77. The van der Waals surface area contributed by atoms with Gasteiger partial charge in [-0.2, -0.15) is 0 Å². The number of nitrogens with zero attached hydrogens (tertiary/aromatic N) is 1. The lowest BCUT2D eigenvalue weighted by Crippen LogP contribution is -2.37. The van der Waals surface area contributed by atoms with Crippen LogP contribution in [0, 0.1) is 16.0 Å². The van der Waals surface area contributed by atoms with Gasteiger partial charge in [-0.05, 0) is 31.4 Å². The minimum atomic E-state index is -3.54. The van der Waals surface area contributed by atoms with E-state index < -0.39 is 20.9 Å². The van der Waals surface area contributed by atoms with E-state index in [1.807, 2.05) is 0 Å². The highest BCUT2D eigenvalue weighted by Crippen LogP contribution is 2.27. The summed E-state index contributed by atoms with van der Waals surface area (Å²) in [6, 6.07) is 3.66. The topological polar surface area (TPSA) is 128 Å². The van der Waals surface area contributed by atoms with E-state index >= 15 is 0 Å². The van der Waals surface area contributed by atoms with Crippen LogP contribution in [0.4, 0.5) is 11.4 Å². The number of carbonyl (C=O) groups excluding carboxylic acids is 1. The van der Waals surface area contributed by atoms with E-state index in [1.165, 1.54) is 12.1 Å². The standard InChI is InChI=1S/C17H27N3O6S/c1-12(2)7-10-26-13(3)17(21)19-9-8-18-15-6-5-14(27(4,24)25)11-16(15)20(22)23/h5-6,11-13,18H,7-10H2,1-4H3,(H,19,21). The lowest BCUT2D eigenvalue weighted by molar-refractivity contribution is -0.384. The number of hydrogen-bond donors (Lipinski definition) is 2. The largest absolute Gasteiger partial charge is 0.378 e. The summed E-state index contributed by atoms with van der Waals surface area (Å²) in [5.41, 5.74) is -0.155. The Kier molecular flexibility index (Phi) is 8.64. The third-order valence-corrected chi connectivity index (χ3v) is 4.88. The van der Waals surface area contributed by atoms with Crippen LogP contribution in [0.15, 0.2) is 23.1 Å². The molecule has 0 aliphatic heterocycles. The summed E-state index contributed by atoms with van der Waals surface area (Å²) in [5.74, 6) is 0.233. The molecular formula is C17H27N3O6S. The summed E-state index contributed by atoms with van der Waals surface area (Å²) in [6.45, 7) is 6.79. The second-order valence-electron chi connectivity index (χ2n) is 6.62. The molecule has 9 nitrogen and oxygen atoms in total. The predicted octanol–water partition coefficient (Wildman–Crippen LogP) is 1.98. The molecule has 152 valence electrons. The Labute approximate surface area is 159 Å². The van der Waals surface area contributed by atoms with Crippen LogP contribution in [0.3, 0.4) is 0 Å². The smallest absolute Gasteiger partial charge is 0.293 e. The molecule has 1 aromatic carbocycles. The zero-order valence-electron chi connectivity index (χ0n) is 16.0. The van der Waals surface area contributed by atoms with Gasteiger partial charge in [-0.3, -0.25) is 14.9 Å². The number of carbonyl (C=O) groups is 1. The maximum atomic E-state index is 11.9. The number of amides is 1. The third kappa shape index (κ3) is 7.92. The highest BCUT2D eigenvalue weighted by atomic mass is 32.2. The van der Waals surface area contributed by atoms with Crippen molar-refractivity contribution in [2.45, 2.75) is 38.2 Å². The number of ether oxygens (including phenoxy) is 1. The molecule has 2 N–H and O–H groups in total. The summed E-state index contributed by atoms with van der Waals surface area (Å²) in [6.07, 6.45) is 1.28. The molecule has 1 amide bonds. The maximum absolute atomic E-state index is 11.9. The Bertz CT molecular complexity index is 764. The monoisotopic (exact) mass is 401 g/mol. The molecule has 1 atom stereocenters. The number of nitro groups is 1. The van der Waals surface area contributed by atoms with Crippen molar-refractivity contribution in [2.24, 2.45) is 5.92 Å². The first kappa shape index (κ1) is 22.8. The van der Waals surface area contributed by atoms with Crippen molar-refractivity contribution >= 4 is 27.1 Å². The van der Waals surface area contributed by atoms with E-state index in [1.54, 1.807) is 6.92 Å². The molecule has 0 bridgehead atoms. The van der Waals surface area contributed by atoms with E-state index in [9.17, 15) is 23.3 Å².